The van der Waals surface area contributed by atoms with Gasteiger partial charge in [0.25, 0.3) is 0 Å². The average Bonchev–Trinajstić information content (AvgIpc) is 3.24. The van der Waals surface area contributed by atoms with Crippen molar-refractivity contribution in [3.05, 3.63) is 12.2 Å². The van der Waals surface area contributed by atoms with Crippen molar-refractivity contribution < 1.29 is 29.0 Å². The molecule has 8 nitrogen and oxygen atoms in total. The first-order valence-corrected chi connectivity index (χ1v) is 9.84. The standard InChI is InChI=1S/C20H28N2O6/c1-20(2,3)28-19(27)21-13(18(25)26)6-4-5-9-22-16(23)14-11-7-8-12(10-11)15(14)17(22)24/h7-8,11-15H,4-6,9-10H2,1-3H3,(H,21,27)(H,25,26)/t11-,12?,13?,14?,15?/m1/s1. The first-order valence-electron chi connectivity index (χ1n) is 9.84. The van der Waals surface area contributed by atoms with Crippen molar-refractivity contribution in [1.29, 1.82) is 0 Å². The Labute approximate surface area is 164 Å². The molecule has 1 saturated heterocycles. The van der Waals surface area contributed by atoms with E-state index in [1.165, 1.54) is 4.90 Å². The Balaban J connectivity index is 1.45. The zero-order chi connectivity index (χ0) is 20.6. The lowest BCUT2D eigenvalue weighted by molar-refractivity contribution is -0.142. The van der Waals surface area contributed by atoms with Gasteiger partial charge in [0.1, 0.15) is 11.6 Å². The van der Waals surface area contributed by atoms with Gasteiger partial charge in [0.2, 0.25) is 11.8 Å². The highest BCUT2D eigenvalue weighted by atomic mass is 16.6. The number of amides is 3. The number of rotatable bonds is 7. The van der Waals surface area contributed by atoms with Crippen LogP contribution in [0.2, 0.25) is 0 Å². The van der Waals surface area contributed by atoms with E-state index in [-0.39, 0.29) is 41.9 Å². The number of allylic oxidation sites excluding steroid dienone is 2. The highest BCUT2D eigenvalue weighted by Crippen LogP contribution is 2.52. The summed E-state index contributed by atoms with van der Waals surface area (Å²) in [4.78, 5) is 49.7. The van der Waals surface area contributed by atoms with Crippen molar-refractivity contribution in [1.82, 2.24) is 10.2 Å². The second kappa shape index (κ2) is 7.56. The molecule has 1 aliphatic heterocycles. The van der Waals surface area contributed by atoms with E-state index in [0.29, 0.717) is 19.4 Å². The molecule has 0 aromatic heterocycles. The third-order valence-corrected chi connectivity index (χ3v) is 5.68. The molecule has 154 valence electrons. The number of alkyl carbamates (subject to hydrolysis) is 1. The molecule has 0 spiro atoms. The zero-order valence-electron chi connectivity index (χ0n) is 16.5. The second-order valence-corrected chi connectivity index (χ2v) is 8.86. The van der Waals surface area contributed by atoms with Crippen LogP contribution in [-0.2, 0) is 19.1 Å². The van der Waals surface area contributed by atoms with E-state index < -0.39 is 23.7 Å². The van der Waals surface area contributed by atoms with E-state index in [4.69, 9.17) is 4.74 Å². The molecule has 3 aliphatic rings. The Morgan fingerprint density at radius 1 is 1.18 bits per heavy atom. The lowest BCUT2D eigenvalue weighted by atomic mass is 9.85. The fraction of sp³-hybridized carbons (Fsp3) is 0.700. The number of carbonyl (C=O) groups excluding carboxylic acids is 3. The highest BCUT2D eigenvalue weighted by Gasteiger charge is 2.58. The molecule has 2 aliphatic carbocycles. The number of likely N-dealkylation sites (tertiary alicyclic amines) is 1. The van der Waals surface area contributed by atoms with Gasteiger partial charge in [-0.1, -0.05) is 12.2 Å². The Morgan fingerprint density at radius 3 is 2.25 bits per heavy atom. The van der Waals surface area contributed by atoms with Crippen molar-refractivity contribution in [2.45, 2.75) is 58.1 Å². The SMILES string of the molecule is CC(C)(C)OC(=O)NC(CCCCN1C(=O)C2C3C=C[C@H](C3)C2C1=O)C(=O)O. The summed E-state index contributed by atoms with van der Waals surface area (Å²) in [6.07, 6.45) is 5.40. The minimum Gasteiger partial charge on any atom is -0.480 e. The number of nitrogens with zero attached hydrogens (tertiary/aromatic N) is 1. The summed E-state index contributed by atoms with van der Waals surface area (Å²) in [6, 6.07) is -1.07. The monoisotopic (exact) mass is 392 g/mol. The van der Waals surface area contributed by atoms with Gasteiger partial charge < -0.3 is 15.2 Å². The summed E-state index contributed by atoms with van der Waals surface area (Å²) in [7, 11) is 0. The summed E-state index contributed by atoms with van der Waals surface area (Å²) in [5, 5.41) is 11.6. The van der Waals surface area contributed by atoms with Crippen LogP contribution in [0, 0.1) is 23.7 Å². The first kappa shape index (κ1) is 20.4. The molecule has 2 fully saturated rings. The number of imide groups is 1. The Kier molecular flexibility index (Phi) is 5.50. The molecule has 3 amide bonds. The van der Waals surface area contributed by atoms with E-state index in [9.17, 15) is 24.3 Å². The minimum atomic E-state index is -1.14. The number of unbranched alkanes of at least 4 members (excludes halogenated alkanes) is 1. The number of ether oxygens (including phenoxy) is 1. The molecule has 5 atom stereocenters. The lowest BCUT2D eigenvalue weighted by Gasteiger charge is -2.22. The quantitative estimate of drug-likeness (QED) is 0.389. The predicted octanol–water partition coefficient (Wildman–Crippen LogP) is 1.94. The summed E-state index contributed by atoms with van der Waals surface area (Å²) in [5.41, 5.74) is -0.712. The van der Waals surface area contributed by atoms with Crippen molar-refractivity contribution in [3.63, 3.8) is 0 Å². The number of hydrogen-bond acceptors (Lipinski definition) is 5. The Morgan fingerprint density at radius 2 is 1.75 bits per heavy atom. The smallest absolute Gasteiger partial charge is 0.408 e. The number of aliphatic carboxylic acids is 1. The van der Waals surface area contributed by atoms with Crippen LogP contribution in [0.5, 0.6) is 0 Å². The van der Waals surface area contributed by atoms with Crippen molar-refractivity contribution in [2.75, 3.05) is 6.54 Å². The van der Waals surface area contributed by atoms with E-state index in [1.807, 2.05) is 0 Å². The van der Waals surface area contributed by atoms with Gasteiger partial charge in [-0.25, -0.2) is 9.59 Å². The zero-order valence-corrected chi connectivity index (χ0v) is 16.5. The fourth-order valence-corrected chi connectivity index (χ4v) is 4.51. The number of nitrogens with one attached hydrogen (secondary N) is 1. The maximum atomic E-state index is 12.6. The van der Waals surface area contributed by atoms with Gasteiger partial charge in [0.05, 0.1) is 11.8 Å². The third kappa shape index (κ3) is 4.05. The summed E-state index contributed by atoms with van der Waals surface area (Å²) >= 11 is 0. The van der Waals surface area contributed by atoms with Gasteiger partial charge in [-0.05, 0) is 58.3 Å². The third-order valence-electron chi connectivity index (χ3n) is 5.68. The summed E-state index contributed by atoms with van der Waals surface area (Å²) < 4.78 is 5.09. The molecule has 3 rings (SSSR count). The van der Waals surface area contributed by atoms with Crippen LogP contribution in [0.25, 0.3) is 0 Å². The lowest BCUT2D eigenvalue weighted by Crippen LogP contribution is -2.43. The predicted molar refractivity (Wildman–Crippen MR) is 99.1 cm³/mol. The Hall–Kier alpha value is -2.38. The van der Waals surface area contributed by atoms with Gasteiger partial charge in [-0.3, -0.25) is 14.5 Å². The van der Waals surface area contributed by atoms with E-state index in [1.54, 1.807) is 20.8 Å². The molecular formula is C20H28N2O6. The van der Waals surface area contributed by atoms with Crippen LogP contribution < -0.4 is 5.32 Å². The molecule has 8 heteroatoms. The van der Waals surface area contributed by atoms with Gasteiger partial charge in [0.15, 0.2) is 0 Å². The molecule has 0 aromatic rings. The van der Waals surface area contributed by atoms with Crippen LogP contribution in [0.4, 0.5) is 4.79 Å². The second-order valence-electron chi connectivity index (χ2n) is 8.86. The normalized spacial score (nSPS) is 29.2. The summed E-state index contributed by atoms with van der Waals surface area (Å²) in [5.74, 6) is -1.36. The van der Waals surface area contributed by atoms with E-state index in [2.05, 4.69) is 17.5 Å². The summed E-state index contributed by atoms with van der Waals surface area (Å²) in [6.45, 7) is 5.39. The largest absolute Gasteiger partial charge is 0.480 e. The van der Waals surface area contributed by atoms with Crippen LogP contribution in [-0.4, -0.2) is 52.1 Å². The number of fused-ring (bicyclic) bond motifs is 5. The fourth-order valence-electron chi connectivity index (χ4n) is 4.51. The number of carbonyl (C=O) groups is 4. The van der Waals surface area contributed by atoms with Crippen LogP contribution in [0.15, 0.2) is 12.2 Å². The topological polar surface area (TPSA) is 113 Å². The molecule has 2 N–H and O–H groups in total. The molecular weight excluding hydrogens is 364 g/mol. The minimum absolute atomic E-state index is 0.0893. The van der Waals surface area contributed by atoms with Gasteiger partial charge >= 0.3 is 12.1 Å². The maximum Gasteiger partial charge on any atom is 0.408 e. The van der Waals surface area contributed by atoms with Crippen LogP contribution in [0.3, 0.4) is 0 Å². The van der Waals surface area contributed by atoms with Crippen LogP contribution in [0.1, 0.15) is 46.5 Å². The molecule has 4 unspecified atom stereocenters. The maximum absolute atomic E-state index is 12.6. The van der Waals surface area contributed by atoms with E-state index >= 15 is 0 Å². The molecule has 1 heterocycles. The number of carboxylic acids is 1. The van der Waals surface area contributed by atoms with Crippen LogP contribution >= 0.6 is 0 Å². The van der Waals surface area contributed by atoms with Gasteiger partial charge in [0, 0.05) is 6.54 Å². The molecule has 2 bridgehead atoms. The number of hydrogen-bond donors (Lipinski definition) is 2. The average molecular weight is 392 g/mol. The number of carboxylic acid groups (broad SMARTS) is 1. The highest BCUT2D eigenvalue weighted by molar-refractivity contribution is 6.06. The molecule has 28 heavy (non-hydrogen) atoms. The van der Waals surface area contributed by atoms with Crippen molar-refractivity contribution in [2.24, 2.45) is 23.7 Å². The molecule has 1 saturated carbocycles. The van der Waals surface area contributed by atoms with Gasteiger partial charge in [-0.2, -0.15) is 0 Å². The molecule has 0 aromatic carbocycles. The van der Waals surface area contributed by atoms with E-state index in [0.717, 1.165) is 6.42 Å². The van der Waals surface area contributed by atoms with Crippen molar-refractivity contribution in [3.8, 4) is 0 Å². The first-order chi connectivity index (χ1) is 13.1. The Bertz CT molecular complexity index is 680. The molecule has 0 radical (unpaired) electrons. The van der Waals surface area contributed by atoms with Gasteiger partial charge in [-0.15, -0.1) is 0 Å². The van der Waals surface area contributed by atoms with Crippen molar-refractivity contribution >= 4 is 23.9 Å².